The molecule has 0 saturated carbocycles. The quantitative estimate of drug-likeness (QED) is 0.752. The Morgan fingerprint density at radius 3 is 2.60 bits per heavy atom. The van der Waals surface area contributed by atoms with Crippen molar-refractivity contribution in [1.29, 1.82) is 0 Å². The molecule has 3 N–H and O–H groups in total. The summed E-state index contributed by atoms with van der Waals surface area (Å²) in [5, 5.41) is 0. The second-order valence-electron chi connectivity index (χ2n) is 5.35. The lowest BCUT2D eigenvalue weighted by atomic mass is 10.1. The van der Waals surface area contributed by atoms with Crippen molar-refractivity contribution in [3.05, 3.63) is 18.0 Å². The SMILES string of the molecule is CCCn1cc(S(=O)(=O)NCC(C)(C)OC)cc1CN. The van der Waals surface area contributed by atoms with Gasteiger partial charge in [0.1, 0.15) is 0 Å². The van der Waals surface area contributed by atoms with Crippen LogP contribution in [0.2, 0.25) is 0 Å². The van der Waals surface area contributed by atoms with Gasteiger partial charge in [-0.1, -0.05) is 6.92 Å². The Morgan fingerprint density at radius 1 is 1.45 bits per heavy atom. The fraction of sp³-hybridized carbons (Fsp3) is 0.692. The third-order valence-corrected chi connectivity index (χ3v) is 4.55. The number of sulfonamides is 1. The summed E-state index contributed by atoms with van der Waals surface area (Å²) in [7, 11) is -1.99. The molecule has 0 radical (unpaired) electrons. The summed E-state index contributed by atoms with van der Waals surface area (Å²) in [6, 6.07) is 1.62. The van der Waals surface area contributed by atoms with E-state index in [0.29, 0.717) is 6.54 Å². The van der Waals surface area contributed by atoms with Gasteiger partial charge in [-0.15, -0.1) is 0 Å². The summed E-state index contributed by atoms with van der Waals surface area (Å²) in [6.07, 6.45) is 2.55. The molecule has 0 spiro atoms. The zero-order chi connectivity index (χ0) is 15.4. The van der Waals surface area contributed by atoms with E-state index in [1.165, 1.54) is 0 Å². The molecule has 0 aliphatic carbocycles. The summed E-state index contributed by atoms with van der Waals surface area (Å²) in [5.41, 5.74) is 5.92. The largest absolute Gasteiger partial charge is 0.377 e. The first-order chi connectivity index (χ1) is 9.25. The first kappa shape index (κ1) is 17.2. The predicted molar refractivity (Wildman–Crippen MR) is 78.9 cm³/mol. The summed E-state index contributed by atoms with van der Waals surface area (Å²) in [5.74, 6) is 0. The van der Waals surface area contributed by atoms with E-state index in [0.717, 1.165) is 18.7 Å². The van der Waals surface area contributed by atoms with Gasteiger partial charge in [0, 0.05) is 38.6 Å². The van der Waals surface area contributed by atoms with Crippen LogP contribution in [0.5, 0.6) is 0 Å². The Labute approximate surface area is 121 Å². The normalized spacial score (nSPS) is 12.8. The van der Waals surface area contributed by atoms with E-state index in [9.17, 15) is 8.42 Å². The second-order valence-corrected chi connectivity index (χ2v) is 7.12. The number of nitrogens with one attached hydrogen (secondary N) is 1. The molecule has 7 heteroatoms. The molecule has 0 bridgehead atoms. The third-order valence-electron chi connectivity index (χ3n) is 3.19. The highest BCUT2D eigenvalue weighted by molar-refractivity contribution is 7.89. The van der Waals surface area contributed by atoms with Gasteiger partial charge in [-0.3, -0.25) is 0 Å². The number of hydrogen-bond donors (Lipinski definition) is 2. The van der Waals surface area contributed by atoms with Crippen LogP contribution in [0.25, 0.3) is 0 Å². The maximum absolute atomic E-state index is 12.3. The molecule has 0 atom stereocenters. The molecule has 116 valence electrons. The van der Waals surface area contributed by atoms with Crippen molar-refractivity contribution < 1.29 is 13.2 Å². The lowest BCUT2D eigenvalue weighted by Crippen LogP contribution is -2.39. The van der Waals surface area contributed by atoms with E-state index in [-0.39, 0.29) is 11.4 Å². The minimum absolute atomic E-state index is 0.211. The number of rotatable bonds is 8. The van der Waals surface area contributed by atoms with Crippen LogP contribution < -0.4 is 10.5 Å². The molecule has 0 unspecified atom stereocenters. The van der Waals surface area contributed by atoms with Crippen molar-refractivity contribution in [2.45, 2.75) is 50.8 Å². The van der Waals surface area contributed by atoms with Crippen molar-refractivity contribution in [2.24, 2.45) is 5.73 Å². The average molecular weight is 303 g/mol. The number of ether oxygens (including phenoxy) is 1. The molecule has 1 heterocycles. The van der Waals surface area contributed by atoms with Crippen LogP contribution in [0.3, 0.4) is 0 Å². The molecule has 0 fully saturated rings. The van der Waals surface area contributed by atoms with E-state index in [4.69, 9.17) is 10.5 Å². The summed E-state index contributed by atoms with van der Waals surface area (Å²) < 4.78 is 34.2. The molecule has 20 heavy (non-hydrogen) atoms. The molecule has 0 amide bonds. The Bertz CT molecular complexity index is 535. The van der Waals surface area contributed by atoms with Gasteiger partial charge in [0.05, 0.1) is 10.5 Å². The zero-order valence-electron chi connectivity index (χ0n) is 12.6. The van der Waals surface area contributed by atoms with Gasteiger partial charge in [-0.25, -0.2) is 13.1 Å². The van der Waals surface area contributed by atoms with Crippen molar-refractivity contribution in [2.75, 3.05) is 13.7 Å². The smallest absolute Gasteiger partial charge is 0.242 e. The maximum Gasteiger partial charge on any atom is 0.242 e. The van der Waals surface area contributed by atoms with E-state index >= 15 is 0 Å². The molecule has 6 nitrogen and oxygen atoms in total. The van der Waals surface area contributed by atoms with Crippen LogP contribution in [0.15, 0.2) is 17.2 Å². The summed E-state index contributed by atoms with van der Waals surface area (Å²) >= 11 is 0. The van der Waals surface area contributed by atoms with Gasteiger partial charge in [0.2, 0.25) is 10.0 Å². The van der Waals surface area contributed by atoms with Gasteiger partial charge in [0.25, 0.3) is 0 Å². The van der Waals surface area contributed by atoms with Gasteiger partial charge in [0.15, 0.2) is 0 Å². The minimum atomic E-state index is -3.54. The predicted octanol–water partition coefficient (Wildman–Crippen LogP) is 1.06. The number of aromatic nitrogens is 1. The summed E-state index contributed by atoms with van der Waals surface area (Å²) in [6.45, 7) is 6.97. The first-order valence-electron chi connectivity index (χ1n) is 6.69. The van der Waals surface area contributed by atoms with E-state index in [1.807, 2.05) is 25.3 Å². The third kappa shape index (κ3) is 4.31. The van der Waals surface area contributed by atoms with Crippen LogP contribution in [-0.2, 0) is 27.8 Å². The number of hydrogen-bond acceptors (Lipinski definition) is 4. The number of methoxy groups -OCH3 is 1. The highest BCUT2D eigenvalue weighted by atomic mass is 32.2. The van der Waals surface area contributed by atoms with E-state index < -0.39 is 15.6 Å². The van der Waals surface area contributed by atoms with Crippen LogP contribution in [0, 0.1) is 0 Å². The van der Waals surface area contributed by atoms with Gasteiger partial charge in [-0.05, 0) is 26.3 Å². The average Bonchev–Trinajstić information content (AvgIpc) is 2.81. The van der Waals surface area contributed by atoms with Crippen molar-refractivity contribution in [3.8, 4) is 0 Å². The Balaban J connectivity index is 2.92. The second kappa shape index (κ2) is 6.71. The molecule has 0 aliphatic heterocycles. The van der Waals surface area contributed by atoms with Crippen LogP contribution in [0.4, 0.5) is 0 Å². The van der Waals surface area contributed by atoms with Crippen LogP contribution in [-0.4, -0.2) is 32.2 Å². The Morgan fingerprint density at radius 2 is 2.10 bits per heavy atom. The monoisotopic (exact) mass is 303 g/mol. The fourth-order valence-corrected chi connectivity index (χ4v) is 2.98. The molecule has 1 rings (SSSR count). The van der Waals surface area contributed by atoms with Gasteiger partial charge in [-0.2, -0.15) is 0 Å². The van der Waals surface area contributed by atoms with Crippen LogP contribution >= 0.6 is 0 Å². The minimum Gasteiger partial charge on any atom is -0.377 e. The van der Waals surface area contributed by atoms with Crippen molar-refractivity contribution in [3.63, 3.8) is 0 Å². The number of aryl methyl sites for hydroxylation is 1. The summed E-state index contributed by atoms with van der Waals surface area (Å²) in [4.78, 5) is 0.248. The topological polar surface area (TPSA) is 86.3 Å². The van der Waals surface area contributed by atoms with Gasteiger partial charge < -0.3 is 15.0 Å². The lowest BCUT2D eigenvalue weighted by molar-refractivity contribution is 0.0276. The highest BCUT2D eigenvalue weighted by Crippen LogP contribution is 2.16. The molecule has 0 aromatic carbocycles. The fourth-order valence-electron chi connectivity index (χ4n) is 1.72. The van der Waals surface area contributed by atoms with Gasteiger partial charge >= 0.3 is 0 Å². The Kier molecular flexibility index (Phi) is 5.76. The number of nitrogens with two attached hydrogens (primary N) is 1. The van der Waals surface area contributed by atoms with Crippen LogP contribution in [0.1, 0.15) is 32.9 Å². The lowest BCUT2D eigenvalue weighted by Gasteiger charge is -2.22. The first-order valence-corrected chi connectivity index (χ1v) is 8.18. The molecule has 0 saturated heterocycles. The molecular weight excluding hydrogens is 278 g/mol. The molecule has 1 aromatic rings. The number of nitrogens with zero attached hydrogens (tertiary/aromatic N) is 1. The maximum atomic E-state index is 12.3. The molecule has 1 aromatic heterocycles. The van der Waals surface area contributed by atoms with E-state index in [2.05, 4.69) is 4.72 Å². The standard InChI is InChI=1S/C13H25N3O3S/c1-5-6-16-9-12(7-11(16)8-14)20(17,18)15-10-13(2,3)19-4/h7,9,15H,5-6,8,10,14H2,1-4H3. The molecule has 0 aliphatic rings. The molecular formula is C13H25N3O3S. The highest BCUT2D eigenvalue weighted by Gasteiger charge is 2.23. The zero-order valence-corrected chi connectivity index (χ0v) is 13.5. The Hall–Kier alpha value is -0.890. The van der Waals surface area contributed by atoms with Crippen molar-refractivity contribution in [1.82, 2.24) is 9.29 Å². The van der Waals surface area contributed by atoms with E-state index in [1.54, 1.807) is 19.4 Å². The van der Waals surface area contributed by atoms with Crippen molar-refractivity contribution >= 4 is 10.0 Å².